The lowest BCUT2D eigenvalue weighted by molar-refractivity contribution is 0.0599. The Morgan fingerprint density at radius 2 is 1.26 bits per heavy atom. The molecule has 0 saturated heterocycles. The summed E-state index contributed by atoms with van der Waals surface area (Å²) in [7, 11) is 2.61. The van der Waals surface area contributed by atoms with Crippen LogP contribution in [0, 0.1) is 20.8 Å². The predicted molar refractivity (Wildman–Crippen MR) is 86.6 cm³/mol. The summed E-state index contributed by atoms with van der Waals surface area (Å²) in [6, 6.07) is 7.57. The average Bonchev–Trinajstić information content (AvgIpc) is 2.53. The predicted octanol–water partition coefficient (Wildman–Crippen LogP) is 3.25. The highest BCUT2D eigenvalue weighted by molar-refractivity contribution is 6.07. The summed E-state index contributed by atoms with van der Waals surface area (Å²) in [4.78, 5) is 28.8. The molecule has 0 bridgehead atoms. The third-order valence-corrected chi connectivity index (χ3v) is 3.68. The van der Waals surface area contributed by atoms with E-state index in [0.717, 1.165) is 11.1 Å². The Bertz CT molecular complexity index is 723. The maximum atomic E-state index is 12.3. The molecule has 23 heavy (non-hydrogen) atoms. The number of carbonyl (C=O) groups is 2. The molecule has 1 heterocycles. The van der Waals surface area contributed by atoms with Gasteiger partial charge in [0, 0.05) is 5.56 Å². The van der Waals surface area contributed by atoms with E-state index in [9.17, 15) is 9.59 Å². The van der Waals surface area contributed by atoms with E-state index in [0.29, 0.717) is 17.0 Å². The van der Waals surface area contributed by atoms with Gasteiger partial charge < -0.3 is 9.47 Å². The molecule has 1 aromatic heterocycles. The van der Waals surface area contributed by atoms with E-state index < -0.39 is 11.9 Å². The molecule has 0 amide bonds. The lowest BCUT2D eigenvalue weighted by atomic mass is 9.92. The smallest absolute Gasteiger partial charge is 0.340 e. The molecule has 1 aromatic carbocycles. The summed E-state index contributed by atoms with van der Waals surface area (Å²) in [6.07, 6.45) is 0. The van der Waals surface area contributed by atoms with Crippen LogP contribution in [-0.2, 0) is 9.47 Å². The van der Waals surface area contributed by atoms with Crippen LogP contribution in [0.4, 0.5) is 0 Å². The van der Waals surface area contributed by atoms with Crippen molar-refractivity contribution in [1.29, 1.82) is 0 Å². The first-order valence-electron chi connectivity index (χ1n) is 7.15. The fraction of sp³-hybridized carbons (Fsp3) is 0.278. The topological polar surface area (TPSA) is 65.5 Å². The standard InChI is InChI=1S/C18H19NO4/c1-10-6-8-13(9-7-10)16-14(17(20)22-4)11(2)19-12(3)15(16)18(21)23-5/h6-9H,1-5H3. The molecule has 0 atom stereocenters. The maximum Gasteiger partial charge on any atom is 0.340 e. The first kappa shape index (κ1) is 16.7. The zero-order chi connectivity index (χ0) is 17.1. The lowest BCUT2D eigenvalue weighted by Gasteiger charge is -2.17. The number of pyridine rings is 1. The third-order valence-electron chi connectivity index (χ3n) is 3.68. The van der Waals surface area contributed by atoms with E-state index in [1.165, 1.54) is 14.2 Å². The van der Waals surface area contributed by atoms with Crippen LogP contribution in [0.3, 0.4) is 0 Å². The molecule has 0 fully saturated rings. The fourth-order valence-electron chi connectivity index (χ4n) is 2.56. The normalized spacial score (nSPS) is 10.3. The van der Waals surface area contributed by atoms with Gasteiger partial charge in [0.1, 0.15) is 0 Å². The van der Waals surface area contributed by atoms with E-state index >= 15 is 0 Å². The van der Waals surface area contributed by atoms with Crippen molar-refractivity contribution in [3.8, 4) is 11.1 Å². The van der Waals surface area contributed by atoms with Crippen molar-refractivity contribution in [3.05, 3.63) is 52.3 Å². The van der Waals surface area contributed by atoms with E-state index in [-0.39, 0.29) is 11.1 Å². The number of carbonyl (C=O) groups excluding carboxylic acids is 2. The van der Waals surface area contributed by atoms with Gasteiger partial charge in [0.05, 0.1) is 36.7 Å². The Hall–Kier alpha value is -2.69. The van der Waals surface area contributed by atoms with E-state index in [4.69, 9.17) is 9.47 Å². The van der Waals surface area contributed by atoms with Gasteiger partial charge >= 0.3 is 11.9 Å². The Kier molecular flexibility index (Phi) is 4.79. The lowest BCUT2D eigenvalue weighted by Crippen LogP contribution is -2.16. The molecule has 120 valence electrons. The molecule has 2 rings (SSSR count). The van der Waals surface area contributed by atoms with Gasteiger partial charge in [0.2, 0.25) is 0 Å². The summed E-state index contributed by atoms with van der Waals surface area (Å²) < 4.78 is 9.76. The number of esters is 2. The number of ether oxygens (including phenoxy) is 2. The largest absolute Gasteiger partial charge is 0.465 e. The second kappa shape index (κ2) is 6.60. The number of hydrogen-bond donors (Lipinski definition) is 0. The molecule has 0 saturated carbocycles. The van der Waals surface area contributed by atoms with Crippen LogP contribution in [0.25, 0.3) is 11.1 Å². The number of benzene rings is 1. The van der Waals surface area contributed by atoms with Crippen LogP contribution >= 0.6 is 0 Å². The van der Waals surface area contributed by atoms with Crippen LogP contribution in [0.15, 0.2) is 24.3 Å². The van der Waals surface area contributed by atoms with Gasteiger partial charge in [-0.2, -0.15) is 0 Å². The summed E-state index contributed by atoms with van der Waals surface area (Å²) in [5, 5.41) is 0. The van der Waals surface area contributed by atoms with Crippen LogP contribution in [-0.4, -0.2) is 31.1 Å². The number of rotatable bonds is 3. The maximum absolute atomic E-state index is 12.3. The van der Waals surface area contributed by atoms with Gasteiger partial charge in [-0.05, 0) is 26.3 Å². The molecule has 0 N–H and O–H groups in total. The summed E-state index contributed by atoms with van der Waals surface area (Å²) in [5.41, 5.74) is 3.90. The summed E-state index contributed by atoms with van der Waals surface area (Å²) in [6.45, 7) is 5.41. The molecule has 0 spiro atoms. The van der Waals surface area contributed by atoms with Gasteiger partial charge in [-0.25, -0.2) is 9.59 Å². The number of nitrogens with zero attached hydrogens (tertiary/aromatic N) is 1. The zero-order valence-corrected chi connectivity index (χ0v) is 13.9. The highest BCUT2D eigenvalue weighted by Gasteiger charge is 2.27. The number of aryl methyl sites for hydroxylation is 3. The van der Waals surface area contributed by atoms with E-state index in [1.807, 2.05) is 31.2 Å². The minimum Gasteiger partial charge on any atom is -0.465 e. The quantitative estimate of drug-likeness (QED) is 0.814. The van der Waals surface area contributed by atoms with E-state index in [2.05, 4.69) is 4.98 Å². The third kappa shape index (κ3) is 3.08. The van der Waals surface area contributed by atoms with Crippen molar-refractivity contribution in [3.63, 3.8) is 0 Å². The van der Waals surface area contributed by atoms with Crippen LogP contribution in [0.1, 0.15) is 37.7 Å². The SMILES string of the molecule is COC(=O)c1c(C)nc(C)c(C(=O)OC)c1-c1ccc(C)cc1. The van der Waals surface area contributed by atoms with Crippen molar-refractivity contribution in [1.82, 2.24) is 4.98 Å². The van der Waals surface area contributed by atoms with Crippen LogP contribution < -0.4 is 0 Å². The van der Waals surface area contributed by atoms with Crippen LogP contribution in [0.2, 0.25) is 0 Å². The molecular formula is C18H19NO4. The van der Waals surface area contributed by atoms with Gasteiger partial charge in [0.25, 0.3) is 0 Å². The minimum atomic E-state index is -0.532. The second-order valence-corrected chi connectivity index (χ2v) is 5.26. The number of methoxy groups -OCH3 is 2. The van der Waals surface area contributed by atoms with Crippen molar-refractivity contribution >= 4 is 11.9 Å². The molecule has 0 unspecified atom stereocenters. The average molecular weight is 313 g/mol. The molecule has 0 aliphatic rings. The molecule has 0 aliphatic carbocycles. The highest BCUT2D eigenvalue weighted by atomic mass is 16.5. The van der Waals surface area contributed by atoms with Crippen molar-refractivity contribution in [2.45, 2.75) is 20.8 Å². The van der Waals surface area contributed by atoms with Crippen molar-refractivity contribution < 1.29 is 19.1 Å². The molecule has 0 aliphatic heterocycles. The Labute approximate surface area is 135 Å². The zero-order valence-electron chi connectivity index (χ0n) is 13.9. The molecule has 0 radical (unpaired) electrons. The summed E-state index contributed by atoms with van der Waals surface area (Å²) in [5.74, 6) is -1.06. The minimum absolute atomic E-state index is 0.280. The molecular weight excluding hydrogens is 294 g/mol. The number of aromatic nitrogens is 1. The highest BCUT2D eigenvalue weighted by Crippen LogP contribution is 2.32. The van der Waals surface area contributed by atoms with E-state index in [1.54, 1.807) is 13.8 Å². The first-order valence-corrected chi connectivity index (χ1v) is 7.15. The summed E-state index contributed by atoms with van der Waals surface area (Å²) >= 11 is 0. The van der Waals surface area contributed by atoms with Gasteiger partial charge in [-0.1, -0.05) is 29.8 Å². The van der Waals surface area contributed by atoms with Gasteiger partial charge in [-0.15, -0.1) is 0 Å². The Morgan fingerprint density at radius 1 is 0.826 bits per heavy atom. The first-order chi connectivity index (χ1) is 10.9. The van der Waals surface area contributed by atoms with Gasteiger partial charge in [0.15, 0.2) is 0 Å². The van der Waals surface area contributed by atoms with Gasteiger partial charge in [-0.3, -0.25) is 4.98 Å². The monoisotopic (exact) mass is 313 g/mol. The number of hydrogen-bond acceptors (Lipinski definition) is 5. The molecule has 5 nitrogen and oxygen atoms in total. The van der Waals surface area contributed by atoms with Crippen LogP contribution in [0.5, 0.6) is 0 Å². The molecule has 2 aromatic rings. The van der Waals surface area contributed by atoms with Crippen molar-refractivity contribution in [2.24, 2.45) is 0 Å². The Morgan fingerprint density at radius 3 is 1.65 bits per heavy atom. The second-order valence-electron chi connectivity index (χ2n) is 5.26. The fourth-order valence-corrected chi connectivity index (χ4v) is 2.56. The molecule has 5 heteroatoms. The Balaban J connectivity index is 2.90. The van der Waals surface area contributed by atoms with Crippen molar-refractivity contribution in [2.75, 3.05) is 14.2 Å².